The second kappa shape index (κ2) is 7.05. The summed E-state index contributed by atoms with van der Waals surface area (Å²) >= 11 is 0. The van der Waals surface area contributed by atoms with Gasteiger partial charge >= 0.3 is 12.4 Å². The summed E-state index contributed by atoms with van der Waals surface area (Å²) in [6.07, 6.45) is -9.12. The Morgan fingerprint density at radius 2 is 1.66 bits per heavy atom. The molecule has 29 heavy (non-hydrogen) atoms. The minimum Gasteiger partial charge on any atom is -0.324 e. The molecule has 0 spiro atoms. The van der Waals surface area contributed by atoms with Crippen LogP contribution in [-0.4, -0.2) is 20.7 Å². The molecule has 0 atom stereocenters. The van der Waals surface area contributed by atoms with Gasteiger partial charge in [-0.3, -0.25) is 4.79 Å². The molecule has 5 nitrogen and oxygen atoms in total. The van der Waals surface area contributed by atoms with Crippen molar-refractivity contribution in [2.75, 3.05) is 5.32 Å². The second-order valence-electron chi connectivity index (χ2n) is 6.37. The van der Waals surface area contributed by atoms with Gasteiger partial charge in [-0.2, -0.15) is 31.4 Å². The van der Waals surface area contributed by atoms with Gasteiger partial charge in [-0.15, -0.1) is 0 Å². The van der Waals surface area contributed by atoms with Crippen molar-refractivity contribution in [3.8, 4) is 0 Å². The van der Waals surface area contributed by atoms with Crippen LogP contribution in [0.1, 0.15) is 22.5 Å². The van der Waals surface area contributed by atoms with Gasteiger partial charge in [0, 0.05) is 11.4 Å². The Morgan fingerprint density at radius 1 is 1.03 bits per heavy atom. The number of hydrogen-bond donors (Lipinski definition) is 1. The van der Waals surface area contributed by atoms with Gasteiger partial charge in [0.05, 0.1) is 22.2 Å². The van der Waals surface area contributed by atoms with Crippen molar-refractivity contribution in [3.63, 3.8) is 0 Å². The van der Waals surface area contributed by atoms with E-state index in [2.05, 4.69) is 15.4 Å². The standard InChI is InChI=1S/C18H14F6N4O/c1-9-7-13(18(22,23)24)15-10(2)27-28(16(15)25-9)8-14(29)26-12-5-3-11(4-6-12)17(19,20)21/h3-7H,8H2,1-2H3,(H,26,29). The van der Waals surface area contributed by atoms with Crippen LogP contribution in [0.15, 0.2) is 30.3 Å². The van der Waals surface area contributed by atoms with Gasteiger partial charge in [0.1, 0.15) is 6.54 Å². The van der Waals surface area contributed by atoms with E-state index in [-0.39, 0.29) is 28.1 Å². The first-order chi connectivity index (χ1) is 13.4. The average molecular weight is 416 g/mol. The van der Waals surface area contributed by atoms with Crippen molar-refractivity contribution in [2.24, 2.45) is 0 Å². The number of benzene rings is 1. The molecular weight excluding hydrogens is 402 g/mol. The fourth-order valence-electron chi connectivity index (χ4n) is 2.89. The molecule has 154 valence electrons. The summed E-state index contributed by atoms with van der Waals surface area (Å²) in [5.74, 6) is -0.675. The first-order valence-corrected chi connectivity index (χ1v) is 8.25. The van der Waals surface area contributed by atoms with Gasteiger partial charge in [-0.1, -0.05) is 0 Å². The smallest absolute Gasteiger partial charge is 0.324 e. The van der Waals surface area contributed by atoms with Crippen molar-refractivity contribution < 1.29 is 31.1 Å². The quantitative estimate of drug-likeness (QED) is 0.629. The lowest BCUT2D eigenvalue weighted by molar-refractivity contribution is -0.138. The minimum absolute atomic E-state index is 0.0576. The molecule has 1 aromatic carbocycles. The molecule has 0 aliphatic carbocycles. The maximum absolute atomic E-state index is 13.3. The number of carbonyl (C=O) groups is 1. The molecule has 0 bridgehead atoms. The van der Waals surface area contributed by atoms with Crippen molar-refractivity contribution in [2.45, 2.75) is 32.7 Å². The summed E-state index contributed by atoms with van der Waals surface area (Å²) in [6, 6.07) is 4.69. The zero-order valence-electron chi connectivity index (χ0n) is 15.1. The topological polar surface area (TPSA) is 59.8 Å². The van der Waals surface area contributed by atoms with E-state index in [1.807, 2.05) is 0 Å². The molecular formula is C18H14F6N4O. The van der Waals surface area contributed by atoms with Crippen molar-refractivity contribution in [1.29, 1.82) is 0 Å². The number of fused-ring (bicyclic) bond motifs is 1. The van der Waals surface area contributed by atoms with Crippen molar-refractivity contribution >= 4 is 22.6 Å². The van der Waals surface area contributed by atoms with Crippen LogP contribution in [0.5, 0.6) is 0 Å². The van der Waals surface area contributed by atoms with E-state index in [1.165, 1.54) is 13.8 Å². The number of hydrogen-bond acceptors (Lipinski definition) is 3. The predicted octanol–water partition coefficient (Wildman–Crippen LogP) is 4.72. The summed E-state index contributed by atoms with van der Waals surface area (Å²) in [6.45, 7) is 2.31. The number of amides is 1. The molecule has 3 aromatic rings. The zero-order valence-corrected chi connectivity index (χ0v) is 15.1. The lowest BCUT2D eigenvalue weighted by atomic mass is 10.1. The van der Waals surface area contributed by atoms with Gasteiger partial charge in [0.25, 0.3) is 0 Å². The minimum atomic E-state index is -4.62. The van der Waals surface area contributed by atoms with Gasteiger partial charge in [-0.25, -0.2) is 9.67 Å². The maximum Gasteiger partial charge on any atom is 0.417 e. The van der Waals surface area contributed by atoms with E-state index in [0.29, 0.717) is 0 Å². The van der Waals surface area contributed by atoms with Gasteiger partial charge in [0.2, 0.25) is 5.91 Å². The van der Waals surface area contributed by atoms with E-state index in [9.17, 15) is 31.1 Å². The SMILES string of the molecule is Cc1cc(C(F)(F)F)c2c(C)nn(CC(=O)Nc3ccc(C(F)(F)F)cc3)c2n1. The number of alkyl halides is 6. The third-order valence-electron chi connectivity index (χ3n) is 4.10. The van der Waals surface area contributed by atoms with Crippen LogP contribution in [0, 0.1) is 13.8 Å². The highest BCUT2D eigenvalue weighted by atomic mass is 19.4. The Morgan fingerprint density at radius 3 is 2.21 bits per heavy atom. The fourth-order valence-corrected chi connectivity index (χ4v) is 2.89. The second-order valence-corrected chi connectivity index (χ2v) is 6.37. The number of halogens is 6. The van der Waals surface area contributed by atoms with Gasteiger partial charge < -0.3 is 5.32 Å². The molecule has 1 N–H and O–H groups in total. The number of aromatic nitrogens is 3. The summed E-state index contributed by atoms with van der Waals surface area (Å²) in [5.41, 5.74) is -1.60. The summed E-state index contributed by atoms with van der Waals surface area (Å²) < 4.78 is 78.8. The van der Waals surface area contributed by atoms with Crippen LogP contribution >= 0.6 is 0 Å². The molecule has 0 saturated carbocycles. The molecule has 11 heteroatoms. The number of nitrogens with one attached hydrogen (secondary N) is 1. The lowest BCUT2D eigenvalue weighted by Gasteiger charge is -2.10. The Balaban J connectivity index is 1.87. The summed E-state index contributed by atoms with van der Waals surface area (Å²) in [7, 11) is 0. The molecule has 2 heterocycles. The molecule has 3 rings (SSSR count). The van der Waals surface area contributed by atoms with Crippen LogP contribution in [0.25, 0.3) is 11.0 Å². The fraction of sp³-hybridized carbons (Fsp3) is 0.278. The molecule has 0 aliphatic heterocycles. The zero-order chi connectivity index (χ0) is 21.6. The molecule has 0 radical (unpaired) electrons. The third kappa shape index (κ3) is 4.33. The monoisotopic (exact) mass is 416 g/mol. The largest absolute Gasteiger partial charge is 0.417 e. The van der Waals surface area contributed by atoms with Crippen LogP contribution in [0.2, 0.25) is 0 Å². The van der Waals surface area contributed by atoms with E-state index in [4.69, 9.17) is 0 Å². The number of carbonyl (C=O) groups excluding carboxylic acids is 1. The van der Waals surface area contributed by atoms with Crippen molar-refractivity contribution in [1.82, 2.24) is 14.8 Å². The summed E-state index contributed by atoms with van der Waals surface area (Å²) in [4.78, 5) is 16.3. The highest BCUT2D eigenvalue weighted by Gasteiger charge is 2.35. The first kappa shape index (κ1) is 20.6. The van der Waals surface area contributed by atoms with E-state index >= 15 is 0 Å². The maximum atomic E-state index is 13.3. The van der Waals surface area contributed by atoms with Crippen LogP contribution in [0.3, 0.4) is 0 Å². The summed E-state index contributed by atoms with van der Waals surface area (Å²) in [5, 5.41) is 6.16. The molecule has 1 amide bonds. The highest BCUT2D eigenvalue weighted by molar-refractivity contribution is 5.92. The van der Waals surface area contributed by atoms with Gasteiger partial charge in [-0.05, 0) is 44.2 Å². The van der Waals surface area contributed by atoms with Crippen LogP contribution in [-0.2, 0) is 23.7 Å². The Bertz CT molecular complexity index is 1070. The number of anilines is 1. The number of nitrogens with zero attached hydrogens (tertiary/aromatic N) is 3. The molecule has 2 aromatic heterocycles. The number of pyridine rings is 1. The molecule has 0 aliphatic rings. The Labute approximate surface area is 160 Å². The van der Waals surface area contributed by atoms with Crippen LogP contribution in [0.4, 0.5) is 32.0 Å². The molecule has 0 unspecified atom stereocenters. The normalized spacial score (nSPS) is 12.4. The van der Waals surface area contributed by atoms with Gasteiger partial charge in [0.15, 0.2) is 5.65 Å². The van der Waals surface area contributed by atoms with E-state index in [1.54, 1.807) is 0 Å². The Kier molecular flexibility index (Phi) is 5.01. The predicted molar refractivity (Wildman–Crippen MR) is 92.1 cm³/mol. The third-order valence-corrected chi connectivity index (χ3v) is 4.10. The van der Waals surface area contributed by atoms with Crippen molar-refractivity contribution in [3.05, 3.63) is 52.8 Å². The lowest BCUT2D eigenvalue weighted by Crippen LogP contribution is -2.20. The Hall–Kier alpha value is -3.11. The number of aryl methyl sites for hydroxylation is 2. The van der Waals surface area contributed by atoms with Crippen LogP contribution < -0.4 is 5.32 Å². The highest BCUT2D eigenvalue weighted by Crippen LogP contribution is 2.36. The molecule has 0 fully saturated rings. The average Bonchev–Trinajstić information content (AvgIpc) is 2.88. The molecule has 0 saturated heterocycles. The van der Waals surface area contributed by atoms with E-state index in [0.717, 1.165) is 35.0 Å². The first-order valence-electron chi connectivity index (χ1n) is 8.25. The number of rotatable bonds is 3. The van der Waals surface area contributed by atoms with E-state index < -0.39 is 35.9 Å².